The maximum atomic E-state index is 12.4. The molecule has 1 aromatic rings. The predicted octanol–water partition coefficient (Wildman–Crippen LogP) is 2.31. The Morgan fingerprint density at radius 2 is 2.00 bits per heavy atom. The van der Waals surface area contributed by atoms with Crippen LogP contribution in [0.15, 0.2) is 16.3 Å². The smallest absolute Gasteiger partial charge is 0.329 e. The van der Waals surface area contributed by atoms with Crippen LogP contribution in [0.2, 0.25) is 0 Å². The molecule has 2 N–H and O–H groups in total. The van der Waals surface area contributed by atoms with Crippen molar-refractivity contribution in [3.05, 3.63) is 16.3 Å². The van der Waals surface area contributed by atoms with Gasteiger partial charge in [0.2, 0.25) is 0 Å². The standard InChI is InChI=1S/C15H21NO5S2/c1-3-10-4-6-15(7-5-10,14(18)19)16-13(17)12-8-11(9-22-12)23(2,20)21/h8-10H,3-7H2,1-2H3,(H,16,17)(H,18,19). The summed E-state index contributed by atoms with van der Waals surface area (Å²) >= 11 is 1.00. The van der Waals surface area contributed by atoms with E-state index >= 15 is 0 Å². The number of carbonyl (C=O) groups excluding carboxylic acids is 1. The minimum Gasteiger partial charge on any atom is -0.480 e. The molecule has 23 heavy (non-hydrogen) atoms. The lowest BCUT2D eigenvalue weighted by atomic mass is 9.75. The Kier molecular flexibility index (Phi) is 5.15. The number of amides is 1. The van der Waals surface area contributed by atoms with Crippen LogP contribution in [-0.4, -0.2) is 37.2 Å². The third-order valence-corrected chi connectivity index (χ3v) is 6.70. The van der Waals surface area contributed by atoms with Crippen LogP contribution in [0.3, 0.4) is 0 Å². The number of carboxylic acid groups (broad SMARTS) is 1. The molecule has 2 rings (SSSR count). The van der Waals surface area contributed by atoms with Gasteiger partial charge in [-0.2, -0.15) is 0 Å². The molecule has 0 radical (unpaired) electrons. The lowest BCUT2D eigenvalue weighted by Gasteiger charge is -2.37. The van der Waals surface area contributed by atoms with Gasteiger partial charge in [-0.1, -0.05) is 13.3 Å². The van der Waals surface area contributed by atoms with E-state index in [0.717, 1.165) is 36.9 Å². The highest BCUT2D eigenvalue weighted by Crippen LogP contribution is 2.34. The predicted molar refractivity (Wildman–Crippen MR) is 87.5 cm³/mol. The van der Waals surface area contributed by atoms with Gasteiger partial charge < -0.3 is 10.4 Å². The third kappa shape index (κ3) is 3.92. The monoisotopic (exact) mass is 359 g/mol. The van der Waals surface area contributed by atoms with Gasteiger partial charge in [0.25, 0.3) is 5.91 Å². The Morgan fingerprint density at radius 3 is 2.43 bits per heavy atom. The Bertz CT molecular complexity index is 699. The first-order valence-electron chi connectivity index (χ1n) is 7.52. The van der Waals surface area contributed by atoms with Gasteiger partial charge in [0, 0.05) is 11.6 Å². The van der Waals surface area contributed by atoms with E-state index in [1.165, 1.54) is 11.4 Å². The molecule has 1 saturated carbocycles. The largest absolute Gasteiger partial charge is 0.480 e. The van der Waals surface area contributed by atoms with Crippen LogP contribution in [0, 0.1) is 5.92 Å². The molecular formula is C15H21NO5S2. The highest BCUT2D eigenvalue weighted by molar-refractivity contribution is 7.90. The normalized spacial score (nSPS) is 25.0. The maximum absolute atomic E-state index is 12.4. The van der Waals surface area contributed by atoms with Gasteiger partial charge in [-0.25, -0.2) is 13.2 Å². The number of hydrogen-bond acceptors (Lipinski definition) is 5. The third-order valence-electron chi connectivity index (χ3n) is 4.53. The van der Waals surface area contributed by atoms with Crippen molar-refractivity contribution in [2.45, 2.75) is 49.5 Å². The molecule has 0 saturated heterocycles. The van der Waals surface area contributed by atoms with Crippen LogP contribution < -0.4 is 5.32 Å². The van der Waals surface area contributed by atoms with Crippen molar-refractivity contribution in [3.8, 4) is 0 Å². The zero-order valence-corrected chi connectivity index (χ0v) is 14.8. The minimum atomic E-state index is -3.38. The van der Waals surface area contributed by atoms with Gasteiger partial charge in [0.1, 0.15) is 5.54 Å². The van der Waals surface area contributed by atoms with Crippen molar-refractivity contribution >= 4 is 33.1 Å². The molecule has 0 atom stereocenters. The van der Waals surface area contributed by atoms with Crippen LogP contribution in [0.25, 0.3) is 0 Å². The van der Waals surface area contributed by atoms with Gasteiger partial charge in [-0.15, -0.1) is 11.3 Å². The first kappa shape index (κ1) is 17.9. The minimum absolute atomic E-state index is 0.0757. The molecule has 1 aliphatic carbocycles. The van der Waals surface area contributed by atoms with Crippen LogP contribution >= 0.6 is 11.3 Å². The summed E-state index contributed by atoms with van der Waals surface area (Å²) in [6, 6.07) is 1.29. The van der Waals surface area contributed by atoms with Gasteiger partial charge in [-0.05, 0) is 37.7 Å². The summed E-state index contributed by atoms with van der Waals surface area (Å²) in [5.74, 6) is -1.06. The van der Waals surface area contributed by atoms with E-state index in [0.29, 0.717) is 18.8 Å². The number of aliphatic carboxylic acids is 1. The molecule has 1 fully saturated rings. The lowest BCUT2D eigenvalue weighted by Crippen LogP contribution is -2.56. The highest BCUT2D eigenvalue weighted by Gasteiger charge is 2.43. The molecule has 6 nitrogen and oxygen atoms in total. The van der Waals surface area contributed by atoms with Crippen LogP contribution in [-0.2, 0) is 14.6 Å². The number of hydrogen-bond donors (Lipinski definition) is 2. The summed E-state index contributed by atoms with van der Waals surface area (Å²) in [7, 11) is -3.38. The van der Waals surface area contributed by atoms with E-state index in [-0.39, 0.29) is 9.77 Å². The second-order valence-corrected chi connectivity index (χ2v) is 9.04. The zero-order valence-electron chi connectivity index (χ0n) is 13.2. The second-order valence-electron chi connectivity index (χ2n) is 6.11. The molecule has 1 heterocycles. The SMILES string of the molecule is CCC1CCC(NC(=O)c2cc(S(C)(=O)=O)cs2)(C(=O)O)CC1. The van der Waals surface area contributed by atoms with Crippen LogP contribution in [0.5, 0.6) is 0 Å². The summed E-state index contributed by atoms with van der Waals surface area (Å²) in [6.07, 6.45) is 4.41. The van der Waals surface area contributed by atoms with E-state index in [2.05, 4.69) is 12.2 Å². The number of nitrogens with one attached hydrogen (secondary N) is 1. The highest BCUT2D eigenvalue weighted by atomic mass is 32.2. The molecule has 0 unspecified atom stereocenters. The number of sulfone groups is 1. The summed E-state index contributed by atoms with van der Waals surface area (Å²) < 4.78 is 23.0. The van der Waals surface area contributed by atoms with E-state index in [1.807, 2.05) is 0 Å². The molecule has 128 valence electrons. The number of rotatable bonds is 5. The molecule has 8 heteroatoms. The molecule has 1 amide bonds. The molecule has 1 aliphatic rings. The van der Waals surface area contributed by atoms with E-state index in [4.69, 9.17) is 0 Å². The van der Waals surface area contributed by atoms with E-state index in [9.17, 15) is 23.1 Å². The topological polar surface area (TPSA) is 101 Å². The number of carboxylic acids is 1. The average Bonchev–Trinajstić information content (AvgIpc) is 2.98. The van der Waals surface area contributed by atoms with Gasteiger partial charge >= 0.3 is 5.97 Å². The van der Waals surface area contributed by atoms with E-state index < -0.39 is 27.3 Å². The summed E-state index contributed by atoms with van der Waals surface area (Å²) in [4.78, 5) is 24.3. The van der Waals surface area contributed by atoms with Crippen molar-refractivity contribution in [1.29, 1.82) is 0 Å². The number of carbonyl (C=O) groups is 2. The number of thiophene rings is 1. The Labute approximate surface area is 139 Å². The van der Waals surface area contributed by atoms with Gasteiger partial charge in [0.15, 0.2) is 9.84 Å². The van der Waals surface area contributed by atoms with Crippen LogP contribution in [0.4, 0.5) is 0 Å². The zero-order chi connectivity index (χ0) is 17.3. The van der Waals surface area contributed by atoms with Gasteiger partial charge in [0.05, 0.1) is 9.77 Å². The van der Waals surface area contributed by atoms with Crippen molar-refractivity contribution < 1.29 is 23.1 Å². The van der Waals surface area contributed by atoms with Crippen molar-refractivity contribution in [3.63, 3.8) is 0 Å². The molecular weight excluding hydrogens is 338 g/mol. The maximum Gasteiger partial charge on any atom is 0.329 e. The quantitative estimate of drug-likeness (QED) is 0.840. The van der Waals surface area contributed by atoms with Crippen molar-refractivity contribution in [1.82, 2.24) is 5.32 Å². The van der Waals surface area contributed by atoms with Gasteiger partial charge in [-0.3, -0.25) is 4.79 Å². The second kappa shape index (κ2) is 6.60. The molecule has 0 spiro atoms. The molecule has 0 aliphatic heterocycles. The summed E-state index contributed by atoms with van der Waals surface area (Å²) in [5.41, 5.74) is -1.25. The summed E-state index contributed by atoms with van der Waals surface area (Å²) in [5, 5.41) is 13.6. The lowest BCUT2D eigenvalue weighted by molar-refractivity contribution is -0.146. The van der Waals surface area contributed by atoms with E-state index in [1.54, 1.807) is 0 Å². The van der Waals surface area contributed by atoms with Crippen molar-refractivity contribution in [2.24, 2.45) is 5.92 Å². The molecule has 0 aromatic carbocycles. The van der Waals surface area contributed by atoms with Crippen molar-refractivity contribution in [2.75, 3.05) is 6.26 Å². The molecule has 1 aromatic heterocycles. The first-order valence-corrected chi connectivity index (χ1v) is 10.3. The fraction of sp³-hybridized carbons (Fsp3) is 0.600. The summed E-state index contributed by atoms with van der Waals surface area (Å²) in [6.45, 7) is 2.08. The average molecular weight is 359 g/mol. The fourth-order valence-corrected chi connectivity index (χ4v) is 4.80. The fourth-order valence-electron chi connectivity index (χ4n) is 2.88. The Balaban J connectivity index is 2.16. The first-order chi connectivity index (χ1) is 10.7. The van der Waals surface area contributed by atoms with Crippen LogP contribution in [0.1, 0.15) is 48.7 Å². The Hall–Kier alpha value is -1.41. The molecule has 0 bridgehead atoms. The Morgan fingerprint density at radius 1 is 1.39 bits per heavy atom.